The van der Waals surface area contributed by atoms with E-state index in [4.69, 9.17) is 5.73 Å². The molecule has 3 aromatic rings. The number of aromatic amines is 1. The van der Waals surface area contributed by atoms with E-state index in [1.807, 2.05) is 6.20 Å². The lowest BCUT2D eigenvalue weighted by Crippen LogP contribution is -2.34. The standard InChI is InChI=1S/C19H21N5O/c1-12-4-5-15-14(9-12)18(6-7-21-15)24-8-2-3-13(11-24)16-10-17(19(20)25)23-22-16/h4-7,9-10,13H,2-3,8,11H2,1H3,(H2,20,25)(H,22,23). The van der Waals surface area contributed by atoms with Crippen LogP contribution in [-0.2, 0) is 0 Å². The van der Waals surface area contributed by atoms with Crippen molar-refractivity contribution in [2.45, 2.75) is 25.7 Å². The second-order valence-electron chi connectivity index (χ2n) is 6.71. The van der Waals surface area contributed by atoms with Gasteiger partial charge in [-0.05, 0) is 44.0 Å². The second kappa shape index (κ2) is 6.20. The summed E-state index contributed by atoms with van der Waals surface area (Å²) in [5, 5.41) is 8.19. The van der Waals surface area contributed by atoms with E-state index in [2.05, 4.69) is 51.3 Å². The Bertz CT molecular complexity index is 932. The molecule has 6 heteroatoms. The molecule has 1 aliphatic heterocycles. The third-order valence-corrected chi connectivity index (χ3v) is 4.93. The first-order valence-corrected chi connectivity index (χ1v) is 8.57. The van der Waals surface area contributed by atoms with Gasteiger partial charge in [-0.25, -0.2) is 0 Å². The Balaban J connectivity index is 1.65. The maximum atomic E-state index is 11.3. The highest BCUT2D eigenvalue weighted by molar-refractivity contribution is 5.92. The maximum absolute atomic E-state index is 11.3. The minimum Gasteiger partial charge on any atom is -0.370 e. The zero-order chi connectivity index (χ0) is 17.4. The number of hydrogen-bond acceptors (Lipinski definition) is 4. The summed E-state index contributed by atoms with van der Waals surface area (Å²) in [4.78, 5) is 18.2. The van der Waals surface area contributed by atoms with E-state index < -0.39 is 5.91 Å². The minimum absolute atomic E-state index is 0.303. The summed E-state index contributed by atoms with van der Waals surface area (Å²) in [6.45, 7) is 4.00. The molecule has 3 heterocycles. The zero-order valence-electron chi connectivity index (χ0n) is 14.2. The fraction of sp³-hybridized carbons (Fsp3) is 0.316. The van der Waals surface area contributed by atoms with Gasteiger partial charge >= 0.3 is 0 Å². The summed E-state index contributed by atoms with van der Waals surface area (Å²) in [7, 11) is 0. The van der Waals surface area contributed by atoms with Gasteiger partial charge in [0.05, 0.1) is 5.52 Å². The number of piperidine rings is 1. The molecule has 1 unspecified atom stereocenters. The number of aryl methyl sites for hydroxylation is 1. The van der Waals surface area contributed by atoms with Crippen LogP contribution >= 0.6 is 0 Å². The van der Waals surface area contributed by atoms with Gasteiger partial charge in [0.2, 0.25) is 0 Å². The van der Waals surface area contributed by atoms with E-state index in [9.17, 15) is 4.79 Å². The van der Waals surface area contributed by atoms with Crippen LogP contribution in [0.15, 0.2) is 36.5 Å². The third kappa shape index (κ3) is 2.95. The van der Waals surface area contributed by atoms with Gasteiger partial charge in [-0.3, -0.25) is 14.9 Å². The highest BCUT2D eigenvalue weighted by Crippen LogP contribution is 2.33. The SMILES string of the molecule is Cc1ccc2nccc(N3CCCC(c4cc(C(N)=O)n[nH]4)C3)c2c1. The third-order valence-electron chi connectivity index (χ3n) is 4.93. The molecule has 1 saturated heterocycles. The average Bonchev–Trinajstić information content (AvgIpc) is 3.12. The number of fused-ring (bicyclic) bond motifs is 1. The lowest BCUT2D eigenvalue weighted by molar-refractivity contribution is 0.0995. The van der Waals surface area contributed by atoms with Crippen molar-refractivity contribution in [3.8, 4) is 0 Å². The van der Waals surface area contributed by atoms with Crippen LogP contribution < -0.4 is 10.6 Å². The van der Waals surface area contributed by atoms with Crippen LogP contribution in [0.1, 0.15) is 40.5 Å². The van der Waals surface area contributed by atoms with Gasteiger partial charge in [0.15, 0.2) is 0 Å². The number of benzene rings is 1. The summed E-state index contributed by atoms with van der Waals surface area (Å²) in [6.07, 6.45) is 4.03. The fourth-order valence-corrected chi connectivity index (χ4v) is 3.64. The number of nitrogens with one attached hydrogen (secondary N) is 1. The molecule has 1 aliphatic rings. The van der Waals surface area contributed by atoms with Crippen molar-refractivity contribution < 1.29 is 4.79 Å². The molecule has 3 N–H and O–H groups in total. The van der Waals surface area contributed by atoms with Crippen molar-refractivity contribution in [2.75, 3.05) is 18.0 Å². The molecule has 1 fully saturated rings. The Morgan fingerprint density at radius 1 is 1.32 bits per heavy atom. The van der Waals surface area contributed by atoms with Gasteiger partial charge in [-0.1, -0.05) is 11.6 Å². The van der Waals surface area contributed by atoms with E-state index in [-0.39, 0.29) is 0 Å². The van der Waals surface area contributed by atoms with Crippen molar-refractivity contribution in [1.82, 2.24) is 15.2 Å². The number of amides is 1. The Hall–Kier alpha value is -2.89. The van der Waals surface area contributed by atoms with Crippen LogP contribution in [0.5, 0.6) is 0 Å². The Morgan fingerprint density at radius 3 is 3.00 bits per heavy atom. The van der Waals surface area contributed by atoms with Crippen LogP contribution in [0, 0.1) is 6.92 Å². The highest BCUT2D eigenvalue weighted by atomic mass is 16.1. The minimum atomic E-state index is -0.495. The van der Waals surface area contributed by atoms with Gasteiger partial charge in [-0.15, -0.1) is 0 Å². The fourth-order valence-electron chi connectivity index (χ4n) is 3.64. The molecule has 1 atom stereocenters. The van der Waals surface area contributed by atoms with E-state index >= 15 is 0 Å². The summed E-state index contributed by atoms with van der Waals surface area (Å²) < 4.78 is 0. The van der Waals surface area contributed by atoms with E-state index in [1.54, 1.807) is 6.07 Å². The number of anilines is 1. The van der Waals surface area contributed by atoms with E-state index in [1.165, 1.54) is 16.6 Å². The summed E-state index contributed by atoms with van der Waals surface area (Å²) >= 11 is 0. The number of rotatable bonds is 3. The normalized spacial score (nSPS) is 17.8. The van der Waals surface area contributed by atoms with Crippen molar-refractivity contribution >= 4 is 22.5 Å². The van der Waals surface area contributed by atoms with Gasteiger partial charge < -0.3 is 10.6 Å². The first-order valence-electron chi connectivity index (χ1n) is 8.57. The number of hydrogen-bond donors (Lipinski definition) is 2. The van der Waals surface area contributed by atoms with Crippen molar-refractivity contribution in [2.24, 2.45) is 5.73 Å². The Kier molecular flexibility index (Phi) is 3.87. The Morgan fingerprint density at radius 2 is 2.20 bits per heavy atom. The Labute approximate surface area is 146 Å². The number of H-pyrrole nitrogens is 1. The zero-order valence-corrected chi connectivity index (χ0v) is 14.2. The van der Waals surface area contributed by atoms with Gasteiger partial charge in [0, 0.05) is 42.0 Å². The monoisotopic (exact) mass is 335 g/mol. The number of primary amides is 1. The molecule has 6 nitrogen and oxygen atoms in total. The molecule has 0 radical (unpaired) electrons. The molecule has 0 saturated carbocycles. The lowest BCUT2D eigenvalue weighted by atomic mass is 9.94. The topological polar surface area (TPSA) is 87.9 Å². The molecule has 0 aliphatic carbocycles. The summed E-state index contributed by atoms with van der Waals surface area (Å²) in [6, 6.07) is 10.2. The lowest BCUT2D eigenvalue weighted by Gasteiger charge is -2.34. The molecule has 1 aromatic carbocycles. The summed E-state index contributed by atoms with van der Waals surface area (Å²) in [5.41, 5.74) is 10.1. The average molecular weight is 335 g/mol. The molecule has 4 rings (SSSR count). The van der Waals surface area contributed by atoms with Gasteiger partial charge in [0.1, 0.15) is 5.69 Å². The molecule has 25 heavy (non-hydrogen) atoms. The van der Waals surface area contributed by atoms with Crippen molar-refractivity contribution in [1.29, 1.82) is 0 Å². The maximum Gasteiger partial charge on any atom is 0.269 e. The smallest absolute Gasteiger partial charge is 0.269 e. The molecule has 128 valence electrons. The van der Waals surface area contributed by atoms with Crippen molar-refractivity contribution in [3.63, 3.8) is 0 Å². The highest BCUT2D eigenvalue weighted by Gasteiger charge is 2.24. The number of carbonyl (C=O) groups excluding carboxylic acids is 1. The van der Waals surface area contributed by atoms with Crippen molar-refractivity contribution in [3.05, 3.63) is 53.5 Å². The first kappa shape index (κ1) is 15.6. The van der Waals surface area contributed by atoms with Crippen LogP contribution in [0.3, 0.4) is 0 Å². The number of nitrogens with zero attached hydrogens (tertiary/aromatic N) is 3. The molecule has 2 aromatic heterocycles. The summed E-state index contributed by atoms with van der Waals surface area (Å²) in [5.74, 6) is -0.187. The number of aromatic nitrogens is 3. The molecule has 1 amide bonds. The van der Waals surface area contributed by atoms with Crippen LogP contribution in [-0.4, -0.2) is 34.2 Å². The number of nitrogens with two attached hydrogens (primary N) is 1. The predicted octanol–water partition coefficient (Wildman–Crippen LogP) is 2.75. The van der Waals surface area contributed by atoms with Crippen LogP contribution in [0.2, 0.25) is 0 Å². The van der Waals surface area contributed by atoms with Gasteiger partial charge in [0.25, 0.3) is 5.91 Å². The van der Waals surface area contributed by atoms with Crippen LogP contribution in [0.4, 0.5) is 5.69 Å². The quantitative estimate of drug-likeness (QED) is 0.770. The predicted molar refractivity (Wildman–Crippen MR) is 97.8 cm³/mol. The van der Waals surface area contributed by atoms with E-state index in [0.717, 1.165) is 37.1 Å². The number of pyridine rings is 1. The van der Waals surface area contributed by atoms with Gasteiger partial charge in [-0.2, -0.15) is 5.10 Å². The molecule has 0 spiro atoms. The molecular formula is C19H21N5O. The second-order valence-corrected chi connectivity index (χ2v) is 6.71. The number of carbonyl (C=O) groups is 1. The van der Waals surface area contributed by atoms with Crippen LogP contribution in [0.25, 0.3) is 10.9 Å². The molecule has 0 bridgehead atoms. The first-order chi connectivity index (χ1) is 12.1. The largest absolute Gasteiger partial charge is 0.370 e. The molecular weight excluding hydrogens is 314 g/mol. The van der Waals surface area contributed by atoms with E-state index in [0.29, 0.717) is 11.6 Å².